The molecule has 0 aliphatic heterocycles. The SMILES string of the molecule is COc1ccc(NC(=O)c2csc(C=CC(=O)O)c2)cn1. The number of hydrogen-bond donors (Lipinski definition) is 2. The van der Waals surface area contributed by atoms with Gasteiger partial charge >= 0.3 is 5.97 Å². The number of anilines is 1. The van der Waals surface area contributed by atoms with E-state index in [2.05, 4.69) is 10.3 Å². The molecule has 0 spiro atoms. The number of rotatable bonds is 5. The van der Waals surface area contributed by atoms with E-state index in [1.165, 1.54) is 30.7 Å². The van der Waals surface area contributed by atoms with Gasteiger partial charge < -0.3 is 15.2 Å². The zero-order valence-corrected chi connectivity index (χ0v) is 11.9. The number of pyridine rings is 1. The summed E-state index contributed by atoms with van der Waals surface area (Å²) in [6.45, 7) is 0. The minimum Gasteiger partial charge on any atom is -0.481 e. The molecule has 0 saturated heterocycles. The van der Waals surface area contributed by atoms with Crippen molar-refractivity contribution in [2.75, 3.05) is 12.4 Å². The first-order chi connectivity index (χ1) is 10.1. The average Bonchev–Trinajstić information content (AvgIpc) is 2.95. The fourth-order valence-corrected chi connectivity index (χ4v) is 2.27. The molecule has 2 rings (SSSR count). The molecular formula is C14H12N2O4S. The van der Waals surface area contributed by atoms with Crippen LogP contribution in [-0.2, 0) is 4.79 Å². The molecule has 2 aromatic rings. The molecule has 0 bridgehead atoms. The van der Waals surface area contributed by atoms with Crippen molar-refractivity contribution in [2.45, 2.75) is 0 Å². The predicted octanol–water partition coefficient (Wildman–Crippen LogP) is 2.50. The lowest BCUT2D eigenvalue weighted by molar-refractivity contribution is -0.131. The summed E-state index contributed by atoms with van der Waals surface area (Å²) in [6, 6.07) is 4.95. The van der Waals surface area contributed by atoms with Crippen LogP contribution in [0.4, 0.5) is 5.69 Å². The molecule has 2 heterocycles. The maximum atomic E-state index is 12.0. The molecule has 6 nitrogen and oxygen atoms in total. The predicted molar refractivity (Wildman–Crippen MR) is 79.7 cm³/mol. The maximum absolute atomic E-state index is 12.0. The van der Waals surface area contributed by atoms with Gasteiger partial charge in [0.25, 0.3) is 5.91 Å². The zero-order valence-electron chi connectivity index (χ0n) is 11.1. The van der Waals surface area contributed by atoms with E-state index in [0.29, 0.717) is 22.0 Å². The molecule has 0 radical (unpaired) electrons. The summed E-state index contributed by atoms with van der Waals surface area (Å²) in [5.74, 6) is -0.850. The maximum Gasteiger partial charge on any atom is 0.328 e. The third kappa shape index (κ3) is 4.15. The lowest BCUT2D eigenvalue weighted by atomic mass is 10.2. The van der Waals surface area contributed by atoms with Crippen LogP contribution >= 0.6 is 11.3 Å². The van der Waals surface area contributed by atoms with Gasteiger partial charge in [-0.05, 0) is 18.2 Å². The zero-order chi connectivity index (χ0) is 15.2. The number of nitrogens with one attached hydrogen (secondary N) is 1. The number of carboxylic acids is 1. The van der Waals surface area contributed by atoms with E-state index < -0.39 is 5.97 Å². The van der Waals surface area contributed by atoms with Crippen LogP contribution in [0.25, 0.3) is 6.08 Å². The summed E-state index contributed by atoms with van der Waals surface area (Å²) >= 11 is 1.29. The van der Waals surface area contributed by atoms with Gasteiger partial charge in [0.05, 0.1) is 24.6 Å². The van der Waals surface area contributed by atoms with Gasteiger partial charge in [0.15, 0.2) is 0 Å². The van der Waals surface area contributed by atoms with Gasteiger partial charge in [0, 0.05) is 22.4 Å². The molecular weight excluding hydrogens is 292 g/mol. The lowest BCUT2D eigenvalue weighted by Gasteiger charge is -2.04. The Morgan fingerprint density at radius 2 is 2.24 bits per heavy atom. The van der Waals surface area contributed by atoms with Crippen molar-refractivity contribution >= 4 is 35.0 Å². The molecule has 2 N–H and O–H groups in total. The highest BCUT2D eigenvalue weighted by molar-refractivity contribution is 7.11. The monoisotopic (exact) mass is 304 g/mol. The first-order valence-corrected chi connectivity index (χ1v) is 6.77. The third-order valence-electron chi connectivity index (χ3n) is 2.48. The second-order valence-corrected chi connectivity index (χ2v) is 4.90. The van der Waals surface area contributed by atoms with E-state index in [4.69, 9.17) is 9.84 Å². The number of nitrogens with zero attached hydrogens (tertiary/aromatic N) is 1. The Labute approximate surface area is 124 Å². The fourth-order valence-electron chi connectivity index (χ4n) is 1.49. The molecule has 0 saturated carbocycles. The number of ether oxygens (including phenoxy) is 1. The lowest BCUT2D eigenvalue weighted by Crippen LogP contribution is -2.10. The van der Waals surface area contributed by atoms with E-state index in [1.807, 2.05) is 0 Å². The molecule has 7 heteroatoms. The second kappa shape index (κ2) is 6.67. The van der Waals surface area contributed by atoms with Gasteiger partial charge in [-0.2, -0.15) is 0 Å². The molecule has 1 amide bonds. The Bertz CT molecular complexity index is 677. The van der Waals surface area contributed by atoms with Gasteiger partial charge in [-0.15, -0.1) is 11.3 Å². The minimum absolute atomic E-state index is 0.284. The van der Waals surface area contributed by atoms with Gasteiger partial charge in [-0.3, -0.25) is 4.79 Å². The van der Waals surface area contributed by atoms with Crippen LogP contribution in [0.15, 0.2) is 35.9 Å². The molecule has 0 aliphatic rings. The van der Waals surface area contributed by atoms with E-state index in [0.717, 1.165) is 6.08 Å². The molecule has 21 heavy (non-hydrogen) atoms. The molecule has 0 atom stereocenters. The molecule has 0 aliphatic carbocycles. The number of carbonyl (C=O) groups is 2. The quantitative estimate of drug-likeness (QED) is 0.829. The number of amides is 1. The minimum atomic E-state index is -1.03. The summed E-state index contributed by atoms with van der Waals surface area (Å²) in [4.78, 5) is 27.1. The van der Waals surface area contributed by atoms with E-state index >= 15 is 0 Å². The first kappa shape index (κ1) is 14.7. The van der Waals surface area contributed by atoms with Gasteiger partial charge in [-0.25, -0.2) is 9.78 Å². The van der Waals surface area contributed by atoms with Crippen LogP contribution in [0.3, 0.4) is 0 Å². The standard InChI is InChI=1S/C14H12N2O4S/c1-20-12-4-2-10(7-15-12)16-14(19)9-6-11(21-8-9)3-5-13(17)18/h2-8H,1H3,(H,16,19)(H,17,18). The molecule has 108 valence electrons. The van der Waals surface area contributed by atoms with Crippen molar-refractivity contribution in [3.05, 3.63) is 46.3 Å². The number of carbonyl (C=O) groups excluding carboxylic acids is 1. The van der Waals surface area contributed by atoms with Gasteiger partial charge in [-0.1, -0.05) is 0 Å². The number of aromatic nitrogens is 1. The Morgan fingerprint density at radius 3 is 2.86 bits per heavy atom. The van der Waals surface area contributed by atoms with E-state index in [9.17, 15) is 9.59 Å². The summed E-state index contributed by atoms with van der Waals surface area (Å²) in [7, 11) is 1.51. The van der Waals surface area contributed by atoms with Crippen LogP contribution < -0.4 is 10.1 Å². The highest BCUT2D eigenvalue weighted by Gasteiger charge is 2.08. The second-order valence-electron chi connectivity index (χ2n) is 3.95. The molecule has 0 unspecified atom stereocenters. The Kier molecular flexibility index (Phi) is 4.68. The van der Waals surface area contributed by atoms with E-state index in [1.54, 1.807) is 23.6 Å². The third-order valence-corrected chi connectivity index (χ3v) is 3.37. The van der Waals surface area contributed by atoms with Crippen LogP contribution in [0.1, 0.15) is 15.2 Å². The topological polar surface area (TPSA) is 88.5 Å². The largest absolute Gasteiger partial charge is 0.481 e. The Balaban J connectivity index is 2.04. The number of aliphatic carboxylic acids is 1. The smallest absolute Gasteiger partial charge is 0.328 e. The average molecular weight is 304 g/mol. The van der Waals surface area contributed by atoms with Crippen molar-refractivity contribution < 1.29 is 19.4 Å². The molecule has 2 aromatic heterocycles. The number of hydrogen-bond acceptors (Lipinski definition) is 5. The van der Waals surface area contributed by atoms with Crippen molar-refractivity contribution in [2.24, 2.45) is 0 Å². The number of thiophene rings is 1. The normalized spacial score (nSPS) is 10.5. The molecule has 0 aromatic carbocycles. The van der Waals surface area contributed by atoms with Crippen molar-refractivity contribution in [3.8, 4) is 5.88 Å². The van der Waals surface area contributed by atoms with Crippen molar-refractivity contribution in [1.29, 1.82) is 0 Å². The fraction of sp³-hybridized carbons (Fsp3) is 0.0714. The van der Waals surface area contributed by atoms with Gasteiger partial charge in [0.2, 0.25) is 5.88 Å². The van der Waals surface area contributed by atoms with Crippen LogP contribution in [0.5, 0.6) is 5.88 Å². The Hall–Kier alpha value is -2.67. The van der Waals surface area contributed by atoms with Crippen LogP contribution in [-0.4, -0.2) is 29.1 Å². The summed E-state index contributed by atoms with van der Waals surface area (Å²) in [6.07, 6.45) is 3.97. The highest BCUT2D eigenvalue weighted by Crippen LogP contribution is 2.18. The van der Waals surface area contributed by atoms with Crippen LogP contribution in [0.2, 0.25) is 0 Å². The summed E-state index contributed by atoms with van der Waals surface area (Å²) < 4.78 is 4.93. The summed E-state index contributed by atoms with van der Waals surface area (Å²) in [5, 5.41) is 12.9. The van der Waals surface area contributed by atoms with E-state index in [-0.39, 0.29) is 5.91 Å². The first-order valence-electron chi connectivity index (χ1n) is 5.89. The molecule has 0 fully saturated rings. The van der Waals surface area contributed by atoms with Crippen molar-refractivity contribution in [1.82, 2.24) is 4.98 Å². The van der Waals surface area contributed by atoms with Gasteiger partial charge in [0.1, 0.15) is 0 Å². The summed E-state index contributed by atoms with van der Waals surface area (Å²) in [5.41, 5.74) is 1.01. The number of carboxylic acid groups (broad SMARTS) is 1. The number of methoxy groups -OCH3 is 1. The van der Waals surface area contributed by atoms with Crippen molar-refractivity contribution in [3.63, 3.8) is 0 Å². The Morgan fingerprint density at radius 1 is 1.43 bits per heavy atom. The van der Waals surface area contributed by atoms with Crippen LogP contribution in [0, 0.1) is 0 Å². The highest BCUT2D eigenvalue weighted by atomic mass is 32.1.